The van der Waals surface area contributed by atoms with Crippen LogP contribution in [0.5, 0.6) is 0 Å². The summed E-state index contributed by atoms with van der Waals surface area (Å²) in [6.45, 7) is 7.30. The second-order valence-corrected chi connectivity index (χ2v) is 9.76. The molecule has 3 heterocycles. The quantitative estimate of drug-likeness (QED) is 0.297. The first-order chi connectivity index (χ1) is 18.6. The molecule has 0 radical (unpaired) electrons. The number of likely N-dealkylation sites (tertiary alicyclic amines) is 1. The lowest BCUT2D eigenvalue weighted by molar-refractivity contribution is 0.193. The summed E-state index contributed by atoms with van der Waals surface area (Å²) in [5, 5.41) is 9.39. The number of nitrogens with zero attached hydrogens (tertiary/aromatic N) is 4. The number of rotatable bonds is 7. The number of aromatic nitrogens is 2. The third kappa shape index (κ3) is 5.88. The molecule has 2 aromatic carbocycles. The Morgan fingerprint density at radius 2 is 1.71 bits per heavy atom. The Kier molecular flexibility index (Phi) is 7.73. The molecule has 0 atom stereocenters. The van der Waals surface area contributed by atoms with Gasteiger partial charge in [0.25, 0.3) is 0 Å². The normalized spacial score (nSPS) is 14.7. The van der Waals surface area contributed by atoms with Gasteiger partial charge in [0.2, 0.25) is 0 Å². The van der Waals surface area contributed by atoms with Gasteiger partial charge in [0.05, 0.1) is 11.3 Å². The van der Waals surface area contributed by atoms with Crippen molar-refractivity contribution in [2.75, 3.05) is 13.1 Å². The monoisotopic (exact) mass is 497 g/mol. The predicted octanol–water partition coefficient (Wildman–Crippen LogP) is 6.45. The number of nitriles is 1. The van der Waals surface area contributed by atoms with Crippen molar-refractivity contribution in [3.05, 3.63) is 126 Å². The molecule has 0 amide bonds. The van der Waals surface area contributed by atoms with Crippen LogP contribution in [-0.2, 0) is 6.54 Å². The van der Waals surface area contributed by atoms with Gasteiger partial charge >= 0.3 is 0 Å². The number of hydrogen-bond acceptors (Lipinski definition) is 5. The minimum absolute atomic E-state index is 0.452. The fraction of sp³-hybridized carbons (Fsp3) is 0.182. The number of piperidine rings is 1. The predicted molar refractivity (Wildman–Crippen MR) is 153 cm³/mol. The molecule has 5 heteroatoms. The van der Waals surface area contributed by atoms with E-state index >= 15 is 0 Å². The van der Waals surface area contributed by atoms with Crippen LogP contribution in [0.15, 0.2) is 110 Å². The van der Waals surface area contributed by atoms with Gasteiger partial charge in [-0.25, -0.2) is 0 Å². The van der Waals surface area contributed by atoms with E-state index in [-0.39, 0.29) is 0 Å². The maximum Gasteiger partial charge on any atom is 0.101 e. The summed E-state index contributed by atoms with van der Waals surface area (Å²) in [4.78, 5) is 11.2. The Balaban J connectivity index is 1.22. The summed E-state index contributed by atoms with van der Waals surface area (Å²) in [6.07, 6.45) is 9.34. The number of allylic oxidation sites excluding steroid dienone is 2. The highest BCUT2D eigenvalue weighted by Crippen LogP contribution is 2.32. The van der Waals surface area contributed by atoms with Crippen LogP contribution in [0, 0.1) is 17.2 Å². The number of benzene rings is 2. The Bertz CT molecular complexity index is 1460. The third-order valence-electron chi connectivity index (χ3n) is 7.20. The molecule has 4 aromatic rings. The topological polar surface area (TPSA) is 78.8 Å². The highest BCUT2D eigenvalue weighted by Gasteiger charge is 2.21. The fourth-order valence-corrected chi connectivity index (χ4v) is 5.03. The van der Waals surface area contributed by atoms with Gasteiger partial charge in [0.1, 0.15) is 6.07 Å². The van der Waals surface area contributed by atoms with E-state index in [0.717, 1.165) is 71.7 Å². The van der Waals surface area contributed by atoms with Crippen LogP contribution in [0.1, 0.15) is 29.5 Å². The highest BCUT2D eigenvalue weighted by atomic mass is 15.1. The molecule has 1 aliphatic heterocycles. The molecule has 38 heavy (non-hydrogen) atoms. The zero-order chi connectivity index (χ0) is 26.3. The first-order valence-electron chi connectivity index (χ1n) is 12.9. The molecule has 0 saturated carbocycles. The third-order valence-corrected chi connectivity index (χ3v) is 7.20. The fourth-order valence-electron chi connectivity index (χ4n) is 5.03. The van der Waals surface area contributed by atoms with Gasteiger partial charge in [0.15, 0.2) is 0 Å². The van der Waals surface area contributed by atoms with Crippen LogP contribution in [-0.4, -0.2) is 28.0 Å². The first-order valence-corrected chi connectivity index (χ1v) is 12.9. The molecule has 1 fully saturated rings. The minimum atomic E-state index is 0.452. The van der Waals surface area contributed by atoms with Crippen molar-refractivity contribution in [2.45, 2.75) is 19.4 Å². The minimum Gasteiger partial charge on any atom is -0.398 e. The number of pyridine rings is 2. The summed E-state index contributed by atoms with van der Waals surface area (Å²) in [5.74, 6) is 0.452. The van der Waals surface area contributed by atoms with Gasteiger partial charge in [-0.2, -0.15) is 5.26 Å². The van der Waals surface area contributed by atoms with Gasteiger partial charge in [-0.3, -0.25) is 14.9 Å². The molecule has 0 aliphatic carbocycles. The van der Waals surface area contributed by atoms with Crippen LogP contribution < -0.4 is 5.73 Å². The van der Waals surface area contributed by atoms with Crippen LogP contribution in [0.4, 0.5) is 0 Å². The Morgan fingerprint density at radius 1 is 1.00 bits per heavy atom. The van der Waals surface area contributed by atoms with Gasteiger partial charge in [-0.15, -0.1) is 0 Å². The maximum absolute atomic E-state index is 9.39. The van der Waals surface area contributed by atoms with Crippen molar-refractivity contribution in [3.8, 4) is 28.5 Å². The summed E-state index contributed by atoms with van der Waals surface area (Å²) >= 11 is 0. The van der Waals surface area contributed by atoms with Gasteiger partial charge in [0, 0.05) is 47.5 Å². The Labute approximate surface area is 224 Å². The molecule has 5 rings (SSSR count). The Morgan fingerprint density at radius 3 is 2.39 bits per heavy atom. The summed E-state index contributed by atoms with van der Waals surface area (Å²) < 4.78 is 0. The molecule has 5 nitrogen and oxygen atoms in total. The molecule has 2 N–H and O–H groups in total. The van der Waals surface area contributed by atoms with E-state index < -0.39 is 0 Å². The number of hydrogen-bond donors (Lipinski definition) is 1. The second-order valence-electron chi connectivity index (χ2n) is 9.76. The second kappa shape index (κ2) is 11.7. The molecule has 0 unspecified atom stereocenters. The van der Waals surface area contributed by atoms with Crippen LogP contribution in [0.25, 0.3) is 28.1 Å². The molecule has 1 aliphatic rings. The summed E-state index contributed by atoms with van der Waals surface area (Å²) in [5.41, 5.74) is 14.9. The van der Waals surface area contributed by atoms with Gasteiger partial charge < -0.3 is 5.73 Å². The van der Waals surface area contributed by atoms with Crippen molar-refractivity contribution >= 4 is 5.70 Å². The van der Waals surface area contributed by atoms with Crippen LogP contribution in [0.3, 0.4) is 0 Å². The average Bonchev–Trinajstić information content (AvgIpc) is 2.98. The molecular weight excluding hydrogens is 466 g/mol. The van der Waals surface area contributed by atoms with Crippen LogP contribution >= 0.6 is 0 Å². The zero-order valence-electron chi connectivity index (χ0n) is 21.4. The lowest BCUT2D eigenvalue weighted by Crippen LogP contribution is -2.33. The molecule has 2 aromatic heterocycles. The van der Waals surface area contributed by atoms with E-state index in [1.165, 1.54) is 5.56 Å². The molecule has 0 spiro atoms. The van der Waals surface area contributed by atoms with E-state index in [0.29, 0.717) is 11.5 Å². The van der Waals surface area contributed by atoms with E-state index in [1.807, 2.05) is 42.5 Å². The van der Waals surface area contributed by atoms with Crippen molar-refractivity contribution in [1.29, 1.82) is 5.26 Å². The lowest BCUT2D eigenvalue weighted by atomic mass is 9.89. The van der Waals surface area contributed by atoms with Crippen molar-refractivity contribution in [2.24, 2.45) is 11.7 Å². The Hall–Kier alpha value is -4.53. The number of nitrogens with two attached hydrogens (primary N) is 1. The zero-order valence-corrected chi connectivity index (χ0v) is 21.4. The van der Waals surface area contributed by atoms with E-state index in [9.17, 15) is 5.26 Å². The molecule has 1 saturated heterocycles. The lowest BCUT2D eigenvalue weighted by Gasteiger charge is -2.32. The molecular formula is C33H31N5. The van der Waals surface area contributed by atoms with Gasteiger partial charge in [-0.1, -0.05) is 61.2 Å². The van der Waals surface area contributed by atoms with E-state index in [1.54, 1.807) is 18.6 Å². The standard InChI is InChI=1S/C33H31N5/c1-24(19-32(35)29-11-15-36-16-12-29)27-13-17-38(18-14-27)23-25-7-9-30(10-8-25)33-31(20-26(21-34)22-37-33)28-5-3-2-4-6-28/h2-12,15-16,19-20,22,27H,1,13-14,17-18,23,35H2/b32-19-. The SMILES string of the molecule is C=C(/C=C(\N)c1ccncc1)C1CCN(Cc2ccc(-c3ncc(C#N)cc3-c3ccccc3)cc2)CC1. The van der Waals surface area contributed by atoms with Crippen molar-refractivity contribution < 1.29 is 0 Å². The molecule has 0 bridgehead atoms. The van der Waals surface area contributed by atoms with Crippen LogP contribution in [0.2, 0.25) is 0 Å². The average molecular weight is 498 g/mol. The van der Waals surface area contributed by atoms with E-state index in [4.69, 9.17) is 5.73 Å². The summed E-state index contributed by atoms with van der Waals surface area (Å²) in [6, 6.07) is 26.7. The van der Waals surface area contributed by atoms with Gasteiger partial charge in [-0.05, 0) is 72.8 Å². The molecule has 188 valence electrons. The highest BCUT2D eigenvalue weighted by molar-refractivity contribution is 5.81. The first kappa shape index (κ1) is 25.1. The summed E-state index contributed by atoms with van der Waals surface area (Å²) in [7, 11) is 0. The van der Waals surface area contributed by atoms with Crippen molar-refractivity contribution in [1.82, 2.24) is 14.9 Å². The smallest absolute Gasteiger partial charge is 0.101 e. The maximum atomic E-state index is 9.39. The van der Waals surface area contributed by atoms with E-state index in [2.05, 4.69) is 63.9 Å². The van der Waals surface area contributed by atoms with Crippen molar-refractivity contribution in [3.63, 3.8) is 0 Å². The largest absolute Gasteiger partial charge is 0.398 e.